The molecule has 7 nitrogen and oxygen atoms in total. The van der Waals surface area contributed by atoms with Crippen molar-refractivity contribution in [2.75, 3.05) is 6.54 Å². The quantitative estimate of drug-likeness (QED) is 0.639. The maximum absolute atomic E-state index is 13.9. The molecule has 1 aliphatic rings. The number of amides is 2. The summed E-state index contributed by atoms with van der Waals surface area (Å²) in [5.74, 6) is -2.34. The van der Waals surface area contributed by atoms with Gasteiger partial charge in [0.2, 0.25) is 11.8 Å². The highest BCUT2D eigenvalue weighted by Crippen LogP contribution is 2.25. The van der Waals surface area contributed by atoms with E-state index in [-0.39, 0.29) is 30.3 Å². The predicted octanol–water partition coefficient (Wildman–Crippen LogP) is 2.31. The summed E-state index contributed by atoms with van der Waals surface area (Å²) in [7, 11) is 0. The molecule has 3 aromatic rings. The summed E-state index contributed by atoms with van der Waals surface area (Å²) < 4.78 is 29.1. The first-order chi connectivity index (χ1) is 15.4. The lowest BCUT2D eigenvalue weighted by atomic mass is 9.94. The van der Waals surface area contributed by atoms with Gasteiger partial charge in [0.1, 0.15) is 6.54 Å². The van der Waals surface area contributed by atoms with E-state index in [1.165, 1.54) is 12.1 Å². The van der Waals surface area contributed by atoms with E-state index in [9.17, 15) is 18.4 Å². The number of benzene rings is 1. The normalized spacial score (nSPS) is 13.0. The Hall–Kier alpha value is -3.62. The molecular weight excluding hydrogens is 416 g/mol. The second kappa shape index (κ2) is 9.25. The number of carbonyl (C=O) groups is 2. The number of fused-ring (bicyclic) bond motifs is 1. The average Bonchev–Trinajstić information content (AvgIpc) is 3.29. The standard InChI is InChI=1S/C23H23F2N5O2/c1-15-19(11-28-21(31)13-29-8-6-26-14-29)18-5-7-30(12-17(18)10-27-15)22(32)9-16-3-2-4-20(24)23(16)25/h2-4,6,8,10,14H,5,7,9,11-13H2,1H3,(H,28,31). The van der Waals surface area contributed by atoms with Gasteiger partial charge in [-0.05, 0) is 36.1 Å². The van der Waals surface area contributed by atoms with Crippen LogP contribution in [0.5, 0.6) is 0 Å². The highest BCUT2D eigenvalue weighted by molar-refractivity contribution is 5.79. The maximum atomic E-state index is 13.9. The Morgan fingerprint density at radius 2 is 2.09 bits per heavy atom. The molecule has 0 saturated carbocycles. The van der Waals surface area contributed by atoms with Gasteiger partial charge in [0.05, 0.1) is 12.7 Å². The minimum atomic E-state index is -0.982. The van der Waals surface area contributed by atoms with E-state index in [1.54, 1.807) is 34.4 Å². The lowest BCUT2D eigenvalue weighted by Crippen LogP contribution is -2.38. The monoisotopic (exact) mass is 439 g/mol. The molecule has 2 amide bonds. The molecule has 0 aliphatic carbocycles. The van der Waals surface area contributed by atoms with Gasteiger partial charge < -0.3 is 14.8 Å². The number of carbonyl (C=O) groups excluding carboxylic acids is 2. The third kappa shape index (κ3) is 4.66. The van der Waals surface area contributed by atoms with E-state index in [0.717, 1.165) is 28.5 Å². The zero-order valence-electron chi connectivity index (χ0n) is 17.6. The second-order valence-corrected chi connectivity index (χ2v) is 7.79. The van der Waals surface area contributed by atoms with E-state index < -0.39 is 11.6 Å². The number of hydrogen-bond donors (Lipinski definition) is 1. The van der Waals surface area contributed by atoms with Crippen LogP contribution in [-0.2, 0) is 42.1 Å². The third-order valence-electron chi connectivity index (χ3n) is 5.67. The van der Waals surface area contributed by atoms with Gasteiger partial charge >= 0.3 is 0 Å². The smallest absolute Gasteiger partial charge is 0.240 e. The Kier molecular flexibility index (Phi) is 6.25. The van der Waals surface area contributed by atoms with Crippen LogP contribution >= 0.6 is 0 Å². The van der Waals surface area contributed by atoms with Crippen LogP contribution in [0.25, 0.3) is 0 Å². The van der Waals surface area contributed by atoms with E-state index in [4.69, 9.17) is 0 Å². The zero-order chi connectivity index (χ0) is 22.7. The molecule has 2 aromatic heterocycles. The molecule has 3 heterocycles. The van der Waals surface area contributed by atoms with Gasteiger partial charge in [-0.2, -0.15) is 0 Å². The first-order valence-corrected chi connectivity index (χ1v) is 10.3. The van der Waals surface area contributed by atoms with Crippen molar-refractivity contribution in [2.24, 2.45) is 0 Å². The van der Waals surface area contributed by atoms with Gasteiger partial charge in [-0.25, -0.2) is 13.8 Å². The van der Waals surface area contributed by atoms with Crippen molar-refractivity contribution in [1.29, 1.82) is 0 Å². The van der Waals surface area contributed by atoms with Gasteiger partial charge in [0, 0.05) is 49.5 Å². The lowest BCUT2D eigenvalue weighted by Gasteiger charge is -2.30. The summed E-state index contributed by atoms with van der Waals surface area (Å²) in [6.45, 7) is 3.22. The number of halogens is 2. The minimum absolute atomic E-state index is 0.0455. The van der Waals surface area contributed by atoms with Crippen LogP contribution in [0.15, 0.2) is 43.1 Å². The van der Waals surface area contributed by atoms with E-state index in [0.29, 0.717) is 26.1 Å². The first kappa shape index (κ1) is 21.6. The molecule has 0 saturated heterocycles. The van der Waals surface area contributed by atoms with E-state index in [2.05, 4.69) is 15.3 Å². The fraction of sp³-hybridized carbons (Fsp3) is 0.304. The molecule has 1 N–H and O–H groups in total. The number of aromatic nitrogens is 3. The summed E-state index contributed by atoms with van der Waals surface area (Å²) in [6, 6.07) is 3.85. The van der Waals surface area contributed by atoms with E-state index >= 15 is 0 Å². The number of hydrogen-bond acceptors (Lipinski definition) is 4. The number of rotatable bonds is 6. The average molecular weight is 439 g/mol. The molecule has 0 radical (unpaired) electrons. The molecule has 4 rings (SSSR count). The molecule has 32 heavy (non-hydrogen) atoms. The van der Waals surface area contributed by atoms with Crippen molar-refractivity contribution in [1.82, 2.24) is 24.8 Å². The fourth-order valence-electron chi connectivity index (χ4n) is 3.92. The van der Waals surface area contributed by atoms with Crippen molar-refractivity contribution >= 4 is 11.8 Å². The molecule has 166 valence electrons. The molecule has 0 unspecified atom stereocenters. The number of aryl methyl sites for hydroxylation is 1. The van der Waals surface area contributed by atoms with Crippen LogP contribution in [0.1, 0.15) is 27.9 Å². The molecule has 0 bridgehead atoms. The Balaban J connectivity index is 1.43. The number of imidazole rings is 1. The lowest BCUT2D eigenvalue weighted by molar-refractivity contribution is -0.131. The number of nitrogens with one attached hydrogen (secondary N) is 1. The summed E-state index contributed by atoms with van der Waals surface area (Å²) in [5, 5.41) is 2.92. The number of nitrogens with zero attached hydrogens (tertiary/aromatic N) is 4. The SMILES string of the molecule is Cc1ncc2c(c1CNC(=O)Cn1ccnc1)CCN(C(=O)Cc1cccc(F)c1F)C2. The van der Waals surface area contributed by atoms with Gasteiger partial charge in [0.15, 0.2) is 11.6 Å². The molecule has 9 heteroatoms. The molecule has 0 atom stereocenters. The second-order valence-electron chi connectivity index (χ2n) is 7.79. The van der Waals surface area contributed by atoms with Crippen LogP contribution in [0.3, 0.4) is 0 Å². The van der Waals surface area contributed by atoms with Crippen LogP contribution in [0.4, 0.5) is 8.78 Å². The van der Waals surface area contributed by atoms with Crippen LogP contribution in [-0.4, -0.2) is 37.8 Å². The molecule has 1 aromatic carbocycles. The number of pyridine rings is 1. The Bertz CT molecular complexity index is 1150. The van der Waals surface area contributed by atoms with Crippen molar-refractivity contribution in [3.63, 3.8) is 0 Å². The summed E-state index contributed by atoms with van der Waals surface area (Å²) in [6.07, 6.45) is 7.06. The van der Waals surface area contributed by atoms with Gasteiger partial charge in [-0.3, -0.25) is 14.6 Å². The first-order valence-electron chi connectivity index (χ1n) is 10.3. The molecule has 1 aliphatic heterocycles. The Morgan fingerprint density at radius 1 is 1.25 bits per heavy atom. The fourth-order valence-corrected chi connectivity index (χ4v) is 3.92. The van der Waals surface area contributed by atoms with Crippen LogP contribution < -0.4 is 5.32 Å². The largest absolute Gasteiger partial charge is 0.350 e. The van der Waals surface area contributed by atoms with Crippen LogP contribution in [0.2, 0.25) is 0 Å². The zero-order valence-corrected chi connectivity index (χ0v) is 17.6. The highest BCUT2D eigenvalue weighted by atomic mass is 19.2. The topological polar surface area (TPSA) is 80.1 Å². The molecular formula is C23H23F2N5O2. The maximum Gasteiger partial charge on any atom is 0.240 e. The highest BCUT2D eigenvalue weighted by Gasteiger charge is 2.25. The molecule has 0 spiro atoms. The molecule has 0 fully saturated rings. The Labute approximate surface area is 184 Å². The summed E-state index contributed by atoms with van der Waals surface area (Å²) in [4.78, 5) is 34.9. The van der Waals surface area contributed by atoms with Gasteiger partial charge in [-0.15, -0.1) is 0 Å². The van der Waals surface area contributed by atoms with Crippen molar-refractivity contribution < 1.29 is 18.4 Å². The minimum Gasteiger partial charge on any atom is -0.350 e. The summed E-state index contributed by atoms with van der Waals surface area (Å²) in [5.41, 5.74) is 3.79. The van der Waals surface area contributed by atoms with Crippen molar-refractivity contribution in [3.05, 3.63) is 82.7 Å². The van der Waals surface area contributed by atoms with Crippen molar-refractivity contribution in [2.45, 2.75) is 39.4 Å². The Morgan fingerprint density at radius 3 is 2.88 bits per heavy atom. The van der Waals surface area contributed by atoms with Crippen molar-refractivity contribution in [3.8, 4) is 0 Å². The van der Waals surface area contributed by atoms with Gasteiger partial charge in [-0.1, -0.05) is 12.1 Å². The van der Waals surface area contributed by atoms with Gasteiger partial charge in [0.25, 0.3) is 0 Å². The predicted molar refractivity (Wildman–Crippen MR) is 112 cm³/mol. The third-order valence-corrected chi connectivity index (χ3v) is 5.67. The summed E-state index contributed by atoms with van der Waals surface area (Å²) >= 11 is 0. The van der Waals surface area contributed by atoms with Crippen LogP contribution in [0, 0.1) is 18.6 Å². The van der Waals surface area contributed by atoms with E-state index in [1.807, 2.05) is 6.92 Å².